The molecule has 6 heteroatoms. The van der Waals surface area contributed by atoms with Crippen LogP contribution in [0.15, 0.2) is 18.9 Å². The first-order chi connectivity index (χ1) is 11.5. The number of aromatic nitrogens is 2. The Bertz CT molecular complexity index is 569. The lowest BCUT2D eigenvalue weighted by atomic mass is 9.95. The first-order valence-electron chi connectivity index (χ1n) is 8.74. The van der Waals surface area contributed by atoms with E-state index in [1.54, 1.807) is 6.08 Å². The number of rotatable bonds is 6. The van der Waals surface area contributed by atoms with Gasteiger partial charge in [-0.3, -0.25) is 0 Å². The van der Waals surface area contributed by atoms with Gasteiger partial charge in [-0.25, -0.2) is 14.8 Å². The molecule has 0 aromatic carbocycles. The van der Waals surface area contributed by atoms with Crippen LogP contribution in [0.1, 0.15) is 56.3 Å². The molecule has 0 saturated heterocycles. The maximum absolute atomic E-state index is 11.8. The maximum atomic E-state index is 11.8. The van der Waals surface area contributed by atoms with Gasteiger partial charge in [-0.15, -0.1) is 6.58 Å². The molecule has 0 bridgehead atoms. The summed E-state index contributed by atoms with van der Waals surface area (Å²) in [6.07, 6.45) is 9.80. The highest BCUT2D eigenvalue weighted by Crippen LogP contribution is 2.25. The molecule has 1 fully saturated rings. The van der Waals surface area contributed by atoms with E-state index in [9.17, 15) is 4.79 Å². The van der Waals surface area contributed by atoms with Crippen LogP contribution in [0.3, 0.4) is 0 Å². The highest BCUT2D eigenvalue weighted by molar-refractivity contribution is 5.74. The largest absolute Gasteiger partial charge is 0.341 e. The average molecular weight is 331 g/mol. The zero-order chi connectivity index (χ0) is 17.5. The van der Waals surface area contributed by atoms with Crippen LogP contribution in [0.25, 0.3) is 0 Å². The number of anilines is 1. The normalized spacial score (nSPS) is 16.3. The highest BCUT2D eigenvalue weighted by atomic mass is 16.2. The summed E-state index contributed by atoms with van der Waals surface area (Å²) in [5.41, 5.74) is 1.84. The molecule has 1 heterocycles. The molecule has 0 aliphatic heterocycles. The standard InChI is InChI=1S/C18H29N5O/c1-5-11-19-18(24)22-14(3)16-12-20-17(21-13(16)2)23(4)15-9-7-6-8-10-15/h5,12,14-15H,1,6-11H2,2-4H3,(H2,19,22,24). The highest BCUT2D eigenvalue weighted by Gasteiger charge is 2.21. The fourth-order valence-electron chi connectivity index (χ4n) is 3.18. The van der Waals surface area contributed by atoms with E-state index in [0.29, 0.717) is 12.6 Å². The van der Waals surface area contributed by atoms with Crippen LogP contribution in [-0.2, 0) is 0 Å². The Kier molecular flexibility index (Phi) is 6.58. The van der Waals surface area contributed by atoms with Crippen LogP contribution in [-0.4, -0.2) is 35.6 Å². The quantitative estimate of drug-likeness (QED) is 0.786. The molecule has 1 unspecified atom stereocenters. The van der Waals surface area contributed by atoms with E-state index in [-0.39, 0.29) is 12.1 Å². The van der Waals surface area contributed by atoms with Crippen molar-refractivity contribution >= 4 is 12.0 Å². The van der Waals surface area contributed by atoms with Crippen molar-refractivity contribution in [3.8, 4) is 0 Å². The van der Waals surface area contributed by atoms with E-state index in [1.165, 1.54) is 32.1 Å². The van der Waals surface area contributed by atoms with Gasteiger partial charge in [0.15, 0.2) is 0 Å². The van der Waals surface area contributed by atoms with Crippen LogP contribution >= 0.6 is 0 Å². The van der Waals surface area contributed by atoms with E-state index < -0.39 is 0 Å². The van der Waals surface area contributed by atoms with Crippen molar-refractivity contribution in [1.29, 1.82) is 0 Å². The molecule has 1 aliphatic rings. The van der Waals surface area contributed by atoms with Gasteiger partial charge in [-0.05, 0) is 26.7 Å². The molecule has 1 aliphatic carbocycles. The minimum absolute atomic E-state index is 0.149. The fraction of sp³-hybridized carbons (Fsp3) is 0.611. The summed E-state index contributed by atoms with van der Waals surface area (Å²) in [7, 11) is 2.08. The van der Waals surface area contributed by atoms with Crippen molar-refractivity contribution < 1.29 is 4.79 Å². The molecule has 6 nitrogen and oxygen atoms in total. The number of hydrogen-bond donors (Lipinski definition) is 2. The molecule has 2 amide bonds. The molecule has 1 aromatic rings. The topological polar surface area (TPSA) is 70.2 Å². The third kappa shape index (κ3) is 4.69. The first kappa shape index (κ1) is 18.2. The van der Waals surface area contributed by atoms with E-state index >= 15 is 0 Å². The summed E-state index contributed by atoms with van der Waals surface area (Å²) < 4.78 is 0. The van der Waals surface area contributed by atoms with Gasteiger partial charge < -0.3 is 15.5 Å². The monoisotopic (exact) mass is 331 g/mol. The summed E-state index contributed by atoms with van der Waals surface area (Å²) in [5.74, 6) is 0.770. The number of hydrogen-bond acceptors (Lipinski definition) is 4. The lowest BCUT2D eigenvalue weighted by molar-refractivity contribution is 0.239. The molecular formula is C18H29N5O. The van der Waals surface area contributed by atoms with Gasteiger partial charge in [0.1, 0.15) is 0 Å². The number of urea groups is 1. The Morgan fingerprint density at radius 1 is 1.46 bits per heavy atom. The van der Waals surface area contributed by atoms with Crippen molar-refractivity contribution in [1.82, 2.24) is 20.6 Å². The number of aryl methyl sites for hydroxylation is 1. The van der Waals surface area contributed by atoms with Crippen LogP contribution < -0.4 is 15.5 Å². The summed E-state index contributed by atoms with van der Waals surface area (Å²) in [6, 6.07) is 0.165. The van der Waals surface area contributed by atoms with Gasteiger partial charge in [0.25, 0.3) is 0 Å². The van der Waals surface area contributed by atoms with Crippen LogP contribution in [0, 0.1) is 6.92 Å². The second kappa shape index (κ2) is 8.66. The molecular weight excluding hydrogens is 302 g/mol. The second-order valence-electron chi connectivity index (χ2n) is 6.48. The smallest absolute Gasteiger partial charge is 0.315 e. The lowest BCUT2D eigenvalue weighted by Crippen LogP contribution is -2.37. The van der Waals surface area contributed by atoms with Crippen molar-refractivity contribution in [2.45, 2.75) is 58.0 Å². The Morgan fingerprint density at radius 2 is 2.17 bits per heavy atom. The van der Waals surface area contributed by atoms with Crippen molar-refractivity contribution in [3.63, 3.8) is 0 Å². The summed E-state index contributed by atoms with van der Waals surface area (Å²) in [5, 5.41) is 5.60. The van der Waals surface area contributed by atoms with Crippen LogP contribution in [0.2, 0.25) is 0 Å². The van der Waals surface area contributed by atoms with E-state index in [2.05, 4.69) is 39.1 Å². The third-order valence-corrected chi connectivity index (χ3v) is 4.66. The molecule has 1 saturated carbocycles. The number of nitrogens with one attached hydrogen (secondary N) is 2. The average Bonchev–Trinajstić information content (AvgIpc) is 2.59. The summed E-state index contributed by atoms with van der Waals surface area (Å²) in [6.45, 7) is 7.93. The molecule has 2 N–H and O–H groups in total. The van der Waals surface area contributed by atoms with E-state index in [0.717, 1.165) is 17.2 Å². The summed E-state index contributed by atoms with van der Waals surface area (Å²) >= 11 is 0. The summed E-state index contributed by atoms with van der Waals surface area (Å²) in [4.78, 5) is 23.2. The first-order valence-corrected chi connectivity index (χ1v) is 8.74. The van der Waals surface area contributed by atoms with Gasteiger partial charge in [0, 0.05) is 37.1 Å². The van der Waals surface area contributed by atoms with Crippen LogP contribution in [0.5, 0.6) is 0 Å². The second-order valence-corrected chi connectivity index (χ2v) is 6.48. The Labute approximate surface area is 144 Å². The minimum atomic E-state index is -0.217. The van der Waals surface area contributed by atoms with E-state index in [4.69, 9.17) is 0 Å². The molecule has 24 heavy (non-hydrogen) atoms. The molecule has 0 radical (unpaired) electrons. The maximum Gasteiger partial charge on any atom is 0.315 e. The van der Waals surface area contributed by atoms with Crippen molar-refractivity contribution in [2.24, 2.45) is 0 Å². The van der Waals surface area contributed by atoms with Crippen LogP contribution in [0.4, 0.5) is 10.7 Å². The zero-order valence-electron chi connectivity index (χ0n) is 15.0. The Balaban J connectivity index is 2.02. The predicted octanol–water partition coefficient (Wildman–Crippen LogP) is 3.10. The predicted molar refractivity (Wildman–Crippen MR) is 97.2 cm³/mol. The molecule has 0 spiro atoms. The minimum Gasteiger partial charge on any atom is -0.341 e. The molecule has 1 aromatic heterocycles. The van der Waals surface area contributed by atoms with Gasteiger partial charge in [0.2, 0.25) is 5.95 Å². The molecule has 132 valence electrons. The van der Waals surface area contributed by atoms with Gasteiger partial charge in [0.05, 0.1) is 6.04 Å². The SMILES string of the molecule is C=CCNC(=O)NC(C)c1cnc(N(C)C2CCCCC2)nc1C. The Hall–Kier alpha value is -2.11. The van der Waals surface area contributed by atoms with Crippen molar-refractivity contribution in [2.75, 3.05) is 18.5 Å². The lowest BCUT2D eigenvalue weighted by Gasteiger charge is -2.31. The number of nitrogens with zero attached hydrogens (tertiary/aromatic N) is 3. The van der Waals surface area contributed by atoms with Crippen molar-refractivity contribution in [3.05, 3.63) is 30.1 Å². The zero-order valence-corrected chi connectivity index (χ0v) is 15.0. The number of carbonyl (C=O) groups is 1. The number of amides is 2. The van der Waals surface area contributed by atoms with Gasteiger partial charge >= 0.3 is 6.03 Å². The number of carbonyl (C=O) groups excluding carboxylic acids is 1. The van der Waals surface area contributed by atoms with Gasteiger partial charge in [-0.1, -0.05) is 25.3 Å². The molecule has 1 atom stereocenters. The molecule has 2 rings (SSSR count). The van der Waals surface area contributed by atoms with Gasteiger partial charge in [-0.2, -0.15) is 0 Å². The van der Waals surface area contributed by atoms with E-state index in [1.807, 2.05) is 20.0 Å². The third-order valence-electron chi connectivity index (χ3n) is 4.66. The Morgan fingerprint density at radius 3 is 2.79 bits per heavy atom. The fourth-order valence-corrected chi connectivity index (χ4v) is 3.18.